The molecule has 2 aromatic rings. The maximum Gasteiger partial charge on any atom is 0.254 e. The monoisotopic (exact) mass is 456 g/mol. The maximum absolute atomic E-state index is 13.4. The molecule has 1 heterocycles. The summed E-state index contributed by atoms with van der Waals surface area (Å²) in [5.41, 5.74) is 1.46. The fourth-order valence-electron chi connectivity index (χ4n) is 3.04. The van der Waals surface area contributed by atoms with Gasteiger partial charge in [-0.3, -0.25) is 9.69 Å². The van der Waals surface area contributed by atoms with Gasteiger partial charge in [-0.05, 0) is 64.9 Å². The van der Waals surface area contributed by atoms with Crippen molar-refractivity contribution in [3.8, 4) is 0 Å². The Morgan fingerprint density at radius 3 is 2.60 bits per heavy atom. The van der Waals surface area contributed by atoms with Gasteiger partial charge in [0.2, 0.25) is 0 Å². The van der Waals surface area contributed by atoms with Crippen LogP contribution >= 0.6 is 22.6 Å². The average Bonchev–Trinajstić information content (AvgIpc) is 2.82. The summed E-state index contributed by atoms with van der Waals surface area (Å²) in [6.45, 7) is 3.74. The Kier molecular flexibility index (Phi) is 6.01. The van der Waals surface area contributed by atoms with Crippen molar-refractivity contribution in [2.45, 2.75) is 13.0 Å². The van der Waals surface area contributed by atoms with Crippen LogP contribution < -0.4 is 0 Å². The SMILES string of the molecule is O=C(c1ccc(F)c(F)c1)N1CCCN(Cc2cccc(I)c2)CC1. The summed E-state index contributed by atoms with van der Waals surface area (Å²) in [6.07, 6.45) is 0.860. The Labute approximate surface area is 159 Å². The predicted molar refractivity (Wildman–Crippen MR) is 101 cm³/mol. The highest BCUT2D eigenvalue weighted by atomic mass is 127. The third-order valence-electron chi connectivity index (χ3n) is 4.34. The first-order valence-electron chi connectivity index (χ1n) is 8.24. The van der Waals surface area contributed by atoms with Gasteiger partial charge in [0.15, 0.2) is 11.6 Å². The Morgan fingerprint density at radius 1 is 1.00 bits per heavy atom. The summed E-state index contributed by atoms with van der Waals surface area (Å²) in [6, 6.07) is 11.7. The zero-order chi connectivity index (χ0) is 17.8. The Balaban J connectivity index is 1.62. The second kappa shape index (κ2) is 8.23. The second-order valence-electron chi connectivity index (χ2n) is 6.18. The smallest absolute Gasteiger partial charge is 0.254 e. The van der Waals surface area contributed by atoms with E-state index in [2.05, 4.69) is 45.7 Å². The van der Waals surface area contributed by atoms with Crippen LogP contribution in [0, 0.1) is 15.2 Å². The lowest BCUT2D eigenvalue weighted by Gasteiger charge is -2.22. The average molecular weight is 456 g/mol. The number of rotatable bonds is 3. The van der Waals surface area contributed by atoms with Crippen LogP contribution in [-0.2, 0) is 6.54 Å². The van der Waals surface area contributed by atoms with Crippen molar-refractivity contribution < 1.29 is 13.6 Å². The molecule has 1 saturated heterocycles. The molecule has 1 aliphatic rings. The molecule has 2 aromatic carbocycles. The van der Waals surface area contributed by atoms with E-state index in [9.17, 15) is 13.6 Å². The molecule has 1 aliphatic heterocycles. The molecule has 3 rings (SSSR count). The molecular weight excluding hydrogens is 437 g/mol. The van der Waals surface area contributed by atoms with Crippen molar-refractivity contribution in [1.29, 1.82) is 0 Å². The minimum absolute atomic E-state index is 0.199. The molecule has 0 spiro atoms. The van der Waals surface area contributed by atoms with Gasteiger partial charge in [0.1, 0.15) is 0 Å². The number of nitrogens with zero attached hydrogens (tertiary/aromatic N) is 2. The topological polar surface area (TPSA) is 23.6 Å². The first-order chi connectivity index (χ1) is 12.0. The third kappa shape index (κ3) is 4.76. The van der Waals surface area contributed by atoms with Crippen molar-refractivity contribution in [3.05, 3.63) is 68.8 Å². The van der Waals surface area contributed by atoms with Gasteiger partial charge in [-0.15, -0.1) is 0 Å². The minimum atomic E-state index is -0.985. The Hall–Kier alpha value is -1.54. The first kappa shape index (κ1) is 18.3. The molecule has 1 amide bonds. The van der Waals surface area contributed by atoms with Crippen LogP contribution in [0.1, 0.15) is 22.3 Å². The normalized spacial score (nSPS) is 15.9. The predicted octanol–water partition coefficient (Wildman–Crippen LogP) is 3.92. The van der Waals surface area contributed by atoms with Crippen molar-refractivity contribution in [2.75, 3.05) is 26.2 Å². The van der Waals surface area contributed by atoms with Crippen LogP contribution in [0.2, 0.25) is 0 Å². The number of halogens is 3. The lowest BCUT2D eigenvalue weighted by Crippen LogP contribution is -2.35. The van der Waals surface area contributed by atoms with Gasteiger partial charge in [-0.1, -0.05) is 12.1 Å². The minimum Gasteiger partial charge on any atom is -0.337 e. The quantitative estimate of drug-likeness (QED) is 0.654. The summed E-state index contributed by atoms with van der Waals surface area (Å²) in [4.78, 5) is 16.6. The lowest BCUT2D eigenvalue weighted by molar-refractivity contribution is 0.0760. The zero-order valence-corrected chi connectivity index (χ0v) is 15.9. The molecule has 0 aromatic heterocycles. The lowest BCUT2D eigenvalue weighted by atomic mass is 10.2. The van der Waals surface area contributed by atoms with Crippen LogP contribution in [0.5, 0.6) is 0 Å². The number of carbonyl (C=O) groups excluding carboxylic acids is 1. The van der Waals surface area contributed by atoms with E-state index in [0.717, 1.165) is 38.2 Å². The Bertz CT molecular complexity index is 769. The van der Waals surface area contributed by atoms with E-state index in [-0.39, 0.29) is 11.5 Å². The van der Waals surface area contributed by atoms with Crippen LogP contribution in [0.25, 0.3) is 0 Å². The van der Waals surface area contributed by atoms with Crippen LogP contribution in [-0.4, -0.2) is 41.9 Å². The molecule has 6 heteroatoms. The summed E-state index contributed by atoms with van der Waals surface area (Å²) >= 11 is 2.30. The maximum atomic E-state index is 13.4. The molecule has 1 fully saturated rings. The van der Waals surface area contributed by atoms with Crippen molar-refractivity contribution in [2.24, 2.45) is 0 Å². The first-order valence-corrected chi connectivity index (χ1v) is 9.32. The standard InChI is InChI=1S/C19H19F2IN2O/c20-17-6-5-15(12-18(17)21)19(25)24-8-2-7-23(9-10-24)13-14-3-1-4-16(22)11-14/h1,3-6,11-12H,2,7-10,13H2. The zero-order valence-electron chi connectivity index (χ0n) is 13.7. The molecule has 0 atom stereocenters. The number of benzene rings is 2. The van der Waals surface area contributed by atoms with Crippen LogP contribution in [0.15, 0.2) is 42.5 Å². The molecule has 0 saturated carbocycles. The highest BCUT2D eigenvalue weighted by Crippen LogP contribution is 2.15. The number of amides is 1. The molecule has 132 valence electrons. The van der Waals surface area contributed by atoms with E-state index in [1.807, 2.05) is 6.07 Å². The van der Waals surface area contributed by atoms with Crippen molar-refractivity contribution in [3.63, 3.8) is 0 Å². The van der Waals surface area contributed by atoms with Gasteiger partial charge in [0.25, 0.3) is 5.91 Å². The molecule has 0 N–H and O–H groups in total. The number of hydrogen-bond acceptors (Lipinski definition) is 2. The van der Waals surface area contributed by atoms with Gasteiger partial charge < -0.3 is 4.90 Å². The second-order valence-corrected chi connectivity index (χ2v) is 7.43. The molecule has 0 unspecified atom stereocenters. The van der Waals surface area contributed by atoms with E-state index in [1.165, 1.54) is 15.2 Å². The van der Waals surface area contributed by atoms with Gasteiger partial charge in [0, 0.05) is 41.9 Å². The largest absolute Gasteiger partial charge is 0.337 e. The summed E-state index contributed by atoms with van der Waals surface area (Å²) in [5, 5.41) is 0. The van der Waals surface area contributed by atoms with Crippen molar-refractivity contribution in [1.82, 2.24) is 9.80 Å². The molecule has 0 aliphatic carbocycles. The highest BCUT2D eigenvalue weighted by molar-refractivity contribution is 14.1. The highest BCUT2D eigenvalue weighted by Gasteiger charge is 2.21. The van der Waals surface area contributed by atoms with E-state index in [4.69, 9.17) is 0 Å². The summed E-state index contributed by atoms with van der Waals surface area (Å²) in [5.74, 6) is -2.16. The Morgan fingerprint density at radius 2 is 1.84 bits per heavy atom. The molecule has 25 heavy (non-hydrogen) atoms. The van der Waals surface area contributed by atoms with Crippen molar-refractivity contribution >= 4 is 28.5 Å². The molecular formula is C19H19F2IN2O. The molecule has 3 nitrogen and oxygen atoms in total. The van der Waals surface area contributed by atoms with E-state index in [0.29, 0.717) is 13.1 Å². The van der Waals surface area contributed by atoms with E-state index < -0.39 is 11.6 Å². The van der Waals surface area contributed by atoms with Crippen LogP contribution in [0.4, 0.5) is 8.78 Å². The van der Waals surface area contributed by atoms with Gasteiger partial charge >= 0.3 is 0 Å². The molecule has 0 radical (unpaired) electrons. The fraction of sp³-hybridized carbons (Fsp3) is 0.316. The van der Waals surface area contributed by atoms with E-state index in [1.54, 1.807) is 4.90 Å². The number of carbonyl (C=O) groups is 1. The van der Waals surface area contributed by atoms with E-state index >= 15 is 0 Å². The van der Waals surface area contributed by atoms with Gasteiger partial charge in [-0.2, -0.15) is 0 Å². The fourth-order valence-corrected chi connectivity index (χ4v) is 3.64. The third-order valence-corrected chi connectivity index (χ3v) is 5.01. The summed E-state index contributed by atoms with van der Waals surface area (Å²) < 4.78 is 27.6. The summed E-state index contributed by atoms with van der Waals surface area (Å²) in [7, 11) is 0. The van der Waals surface area contributed by atoms with Gasteiger partial charge in [0.05, 0.1) is 0 Å². The molecule has 0 bridgehead atoms. The van der Waals surface area contributed by atoms with Crippen LogP contribution in [0.3, 0.4) is 0 Å². The van der Waals surface area contributed by atoms with Gasteiger partial charge in [-0.25, -0.2) is 8.78 Å². The number of hydrogen-bond donors (Lipinski definition) is 0.